The summed E-state index contributed by atoms with van der Waals surface area (Å²) in [6.07, 6.45) is -4.71. The predicted molar refractivity (Wildman–Crippen MR) is 59.0 cm³/mol. The Hall–Kier alpha value is -1.76. The van der Waals surface area contributed by atoms with Crippen LogP contribution in [0.1, 0.15) is 4.88 Å². The zero-order valence-electron chi connectivity index (χ0n) is 8.78. The summed E-state index contributed by atoms with van der Waals surface area (Å²) in [7, 11) is 0. The van der Waals surface area contributed by atoms with E-state index in [1.165, 1.54) is 36.0 Å². The molecule has 1 radical (unpaired) electrons. The Kier molecular flexibility index (Phi) is 3.42. The molecule has 0 atom stereocenters. The van der Waals surface area contributed by atoms with Crippen LogP contribution < -0.4 is 4.74 Å². The van der Waals surface area contributed by atoms with E-state index in [2.05, 4.69) is 9.47 Å². The van der Waals surface area contributed by atoms with E-state index in [0.29, 0.717) is 5.39 Å². The minimum absolute atomic E-state index is 0.0539. The maximum Gasteiger partial charge on any atom is 0.573 e. The number of hydrogen-bond donors (Lipinski definition) is 0. The maximum atomic E-state index is 12.0. The van der Waals surface area contributed by atoms with E-state index in [1.807, 2.05) is 0 Å². The highest BCUT2D eigenvalue weighted by Crippen LogP contribution is 2.31. The van der Waals surface area contributed by atoms with Crippen molar-refractivity contribution in [2.75, 3.05) is 0 Å². The summed E-state index contributed by atoms with van der Waals surface area (Å²) < 4.78 is 45.1. The molecular formula is C11H6F3O3S. The van der Waals surface area contributed by atoms with E-state index in [1.54, 1.807) is 6.07 Å². The monoisotopic (exact) mass is 275 g/mol. The van der Waals surface area contributed by atoms with Gasteiger partial charge >= 0.3 is 12.8 Å². The molecule has 2 rings (SSSR count). The fraction of sp³-hybridized carbons (Fsp3) is 0.182. The second-order valence-electron chi connectivity index (χ2n) is 3.33. The summed E-state index contributed by atoms with van der Waals surface area (Å²) in [4.78, 5) is 10.6. The molecule has 1 aromatic heterocycles. The SMILES string of the molecule is O=[C]OCc1cc2cc(OC(F)(F)F)ccc2s1. The molecule has 2 aromatic rings. The largest absolute Gasteiger partial charge is 0.573 e. The van der Waals surface area contributed by atoms with Gasteiger partial charge in [0.2, 0.25) is 0 Å². The third-order valence-electron chi connectivity index (χ3n) is 2.05. The number of thiophene rings is 1. The van der Waals surface area contributed by atoms with Crippen LogP contribution in [0.15, 0.2) is 24.3 Å². The summed E-state index contributed by atoms with van der Waals surface area (Å²) in [5.41, 5.74) is 0. The Bertz CT molecular complexity index is 562. The lowest BCUT2D eigenvalue weighted by atomic mass is 10.2. The summed E-state index contributed by atoms with van der Waals surface area (Å²) in [5.74, 6) is -0.276. The van der Waals surface area contributed by atoms with Crippen LogP contribution in [0.5, 0.6) is 5.75 Å². The first kappa shape index (κ1) is 12.7. The number of carbonyl (C=O) groups excluding carboxylic acids is 1. The molecule has 0 N–H and O–H groups in total. The van der Waals surface area contributed by atoms with E-state index < -0.39 is 6.36 Å². The van der Waals surface area contributed by atoms with Gasteiger partial charge in [0.05, 0.1) is 0 Å². The van der Waals surface area contributed by atoms with E-state index in [4.69, 9.17) is 0 Å². The van der Waals surface area contributed by atoms with Crippen molar-refractivity contribution >= 4 is 27.9 Å². The molecule has 1 heterocycles. The highest BCUT2D eigenvalue weighted by molar-refractivity contribution is 7.19. The first-order valence-corrected chi connectivity index (χ1v) is 5.57. The zero-order chi connectivity index (χ0) is 13.2. The number of fused-ring (bicyclic) bond motifs is 1. The summed E-state index contributed by atoms with van der Waals surface area (Å²) >= 11 is 1.32. The van der Waals surface area contributed by atoms with E-state index >= 15 is 0 Å². The van der Waals surface area contributed by atoms with E-state index in [9.17, 15) is 18.0 Å². The number of rotatable bonds is 4. The summed E-state index contributed by atoms with van der Waals surface area (Å²) in [6.45, 7) is 1.34. The van der Waals surface area contributed by atoms with Gasteiger partial charge in [-0.25, -0.2) is 4.79 Å². The number of ether oxygens (including phenoxy) is 2. The van der Waals surface area contributed by atoms with Crippen molar-refractivity contribution in [1.29, 1.82) is 0 Å². The van der Waals surface area contributed by atoms with Crippen molar-refractivity contribution < 1.29 is 27.4 Å². The van der Waals surface area contributed by atoms with Crippen molar-refractivity contribution in [2.45, 2.75) is 13.0 Å². The molecule has 95 valence electrons. The van der Waals surface area contributed by atoms with Crippen LogP contribution >= 0.6 is 11.3 Å². The van der Waals surface area contributed by atoms with Crippen molar-refractivity contribution in [2.24, 2.45) is 0 Å². The smallest absolute Gasteiger partial charge is 0.452 e. The quantitative estimate of drug-likeness (QED) is 0.858. The van der Waals surface area contributed by atoms with Gasteiger partial charge in [-0.1, -0.05) is 0 Å². The molecule has 1 aromatic carbocycles. The Morgan fingerprint density at radius 3 is 2.72 bits per heavy atom. The lowest BCUT2D eigenvalue weighted by molar-refractivity contribution is -0.274. The average Bonchev–Trinajstić information content (AvgIpc) is 2.66. The molecule has 0 unspecified atom stereocenters. The van der Waals surface area contributed by atoms with Gasteiger partial charge in [-0.2, -0.15) is 0 Å². The molecule has 0 spiro atoms. The minimum atomic E-state index is -4.71. The highest BCUT2D eigenvalue weighted by Gasteiger charge is 2.31. The Morgan fingerprint density at radius 2 is 2.06 bits per heavy atom. The van der Waals surface area contributed by atoms with Gasteiger partial charge in [0.25, 0.3) is 0 Å². The van der Waals surface area contributed by atoms with Gasteiger partial charge < -0.3 is 9.47 Å². The number of alkyl halides is 3. The Labute approximate surface area is 104 Å². The van der Waals surface area contributed by atoms with Crippen LogP contribution in [-0.4, -0.2) is 12.8 Å². The molecule has 0 saturated carbocycles. The minimum Gasteiger partial charge on any atom is -0.452 e. The third kappa shape index (κ3) is 3.13. The summed E-state index contributed by atoms with van der Waals surface area (Å²) in [6, 6.07) is 5.69. The van der Waals surface area contributed by atoms with Gasteiger partial charge in [0.1, 0.15) is 12.4 Å². The number of halogens is 3. The van der Waals surface area contributed by atoms with Crippen LogP contribution in [0.4, 0.5) is 13.2 Å². The topological polar surface area (TPSA) is 35.5 Å². The van der Waals surface area contributed by atoms with Gasteiger partial charge in [0.15, 0.2) is 0 Å². The number of benzene rings is 1. The van der Waals surface area contributed by atoms with Crippen molar-refractivity contribution in [1.82, 2.24) is 0 Å². The molecule has 0 amide bonds. The second kappa shape index (κ2) is 4.85. The maximum absolute atomic E-state index is 12.0. The molecule has 0 aliphatic rings. The molecular weight excluding hydrogens is 269 g/mol. The zero-order valence-corrected chi connectivity index (χ0v) is 9.60. The molecule has 0 aliphatic heterocycles. The van der Waals surface area contributed by atoms with Crippen LogP contribution in [0.3, 0.4) is 0 Å². The second-order valence-corrected chi connectivity index (χ2v) is 4.50. The van der Waals surface area contributed by atoms with Gasteiger partial charge in [-0.05, 0) is 29.7 Å². The van der Waals surface area contributed by atoms with Gasteiger partial charge in [-0.3, -0.25) is 0 Å². The van der Waals surface area contributed by atoms with Gasteiger partial charge in [0, 0.05) is 9.58 Å². The number of hydrogen-bond acceptors (Lipinski definition) is 4. The molecule has 0 fully saturated rings. The fourth-order valence-corrected chi connectivity index (χ4v) is 2.40. The van der Waals surface area contributed by atoms with Gasteiger partial charge in [-0.15, -0.1) is 24.5 Å². The van der Waals surface area contributed by atoms with E-state index in [0.717, 1.165) is 9.58 Å². The molecule has 0 aliphatic carbocycles. The molecule has 0 saturated heterocycles. The lowest BCUT2D eigenvalue weighted by Crippen LogP contribution is -2.16. The van der Waals surface area contributed by atoms with Crippen LogP contribution in [-0.2, 0) is 16.1 Å². The summed E-state index contributed by atoms with van der Waals surface area (Å²) in [5, 5.41) is 0.603. The fourth-order valence-electron chi connectivity index (χ4n) is 1.45. The van der Waals surface area contributed by atoms with Crippen molar-refractivity contribution in [3.8, 4) is 5.75 Å². The third-order valence-corrected chi connectivity index (χ3v) is 3.14. The van der Waals surface area contributed by atoms with Crippen LogP contribution in [0, 0.1) is 0 Å². The molecule has 7 heteroatoms. The lowest BCUT2D eigenvalue weighted by Gasteiger charge is -2.08. The standard InChI is InChI=1S/C11H6F3O3S/c12-11(13,14)17-8-1-2-10-7(3-8)4-9(18-10)5-16-6-15/h1-4H,5H2. The first-order chi connectivity index (χ1) is 8.48. The highest BCUT2D eigenvalue weighted by atomic mass is 32.1. The molecule has 0 bridgehead atoms. The molecule has 18 heavy (non-hydrogen) atoms. The van der Waals surface area contributed by atoms with Crippen LogP contribution in [0.25, 0.3) is 10.1 Å². The molecule has 3 nitrogen and oxygen atoms in total. The van der Waals surface area contributed by atoms with Crippen molar-refractivity contribution in [3.05, 3.63) is 29.1 Å². The van der Waals surface area contributed by atoms with Crippen molar-refractivity contribution in [3.63, 3.8) is 0 Å². The Morgan fingerprint density at radius 1 is 1.28 bits per heavy atom. The average molecular weight is 275 g/mol. The predicted octanol–water partition coefficient (Wildman–Crippen LogP) is 3.38. The van der Waals surface area contributed by atoms with Crippen LogP contribution in [0.2, 0.25) is 0 Å². The normalized spacial score (nSPS) is 11.5. The Balaban J connectivity index is 2.25. The first-order valence-electron chi connectivity index (χ1n) is 4.75. The van der Waals surface area contributed by atoms with E-state index in [-0.39, 0.29) is 12.4 Å².